The Morgan fingerprint density at radius 2 is 2.05 bits per heavy atom. The summed E-state index contributed by atoms with van der Waals surface area (Å²) in [6, 6.07) is 10.6. The van der Waals surface area contributed by atoms with Crippen LogP contribution < -0.4 is 11.1 Å². The predicted molar refractivity (Wildman–Crippen MR) is 77.6 cm³/mol. The van der Waals surface area contributed by atoms with E-state index in [0.717, 1.165) is 10.5 Å². The number of carbonyl (C=O) groups is 1. The molecule has 0 aliphatic carbocycles. The lowest BCUT2D eigenvalue weighted by Gasteiger charge is -2.08. The van der Waals surface area contributed by atoms with E-state index in [4.69, 9.17) is 11.0 Å². The lowest BCUT2D eigenvalue weighted by Crippen LogP contribution is -2.13. The van der Waals surface area contributed by atoms with Crippen molar-refractivity contribution in [2.24, 2.45) is 0 Å². The maximum atomic E-state index is 13.3. The van der Waals surface area contributed by atoms with Gasteiger partial charge in [-0.3, -0.25) is 4.79 Å². The lowest BCUT2D eigenvalue weighted by atomic mass is 10.1. The van der Waals surface area contributed by atoms with Crippen LogP contribution in [0.5, 0.6) is 0 Å². The van der Waals surface area contributed by atoms with Crippen LogP contribution >= 0.6 is 15.9 Å². The van der Waals surface area contributed by atoms with Crippen molar-refractivity contribution in [3.8, 4) is 6.07 Å². The van der Waals surface area contributed by atoms with Gasteiger partial charge in [-0.1, -0.05) is 15.9 Å². The Balaban J connectivity index is 2.28. The number of benzene rings is 2. The van der Waals surface area contributed by atoms with Crippen molar-refractivity contribution in [2.45, 2.75) is 0 Å². The molecule has 100 valence electrons. The number of hydrogen-bond acceptors (Lipinski definition) is 3. The first-order valence-corrected chi connectivity index (χ1v) is 6.36. The molecule has 0 unspecified atom stereocenters. The number of nitriles is 1. The fraction of sp³-hybridized carbons (Fsp3) is 0. The minimum absolute atomic E-state index is 0.0251. The Kier molecular flexibility index (Phi) is 4.01. The molecule has 0 aliphatic rings. The molecule has 3 N–H and O–H groups in total. The number of carbonyl (C=O) groups excluding carboxylic acids is 1. The quantitative estimate of drug-likeness (QED) is 0.827. The van der Waals surface area contributed by atoms with Gasteiger partial charge in [-0.25, -0.2) is 4.39 Å². The molecule has 2 rings (SSSR count). The van der Waals surface area contributed by atoms with Gasteiger partial charge < -0.3 is 11.1 Å². The summed E-state index contributed by atoms with van der Waals surface area (Å²) in [5.74, 6) is -1.17. The van der Waals surface area contributed by atoms with Crippen LogP contribution in [0, 0.1) is 17.1 Å². The van der Waals surface area contributed by atoms with Gasteiger partial charge in [0.1, 0.15) is 11.9 Å². The summed E-state index contributed by atoms with van der Waals surface area (Å²) in [4.78, 5) is 12.0. The van der Waals surface area contributed by atoms with Gasteiger partial charge in [0.2, 0.25) is 0 Å². The number of nitrogens with two attached hydrogens (primary N) is 1. The number of nitrogens with zero attached hydrogens (tertiary/aromatic N) is 1. The number of amides is 1. The normalized spacial score (nSPS) is 9.85. The maximum absolute atomic E-state index is 13.3. The Bertz CT molecular complexity index is 725. The van der Waals surface area contributed by atoms with E-state index < -0.39 is 11.7 Å². The Labute approximate surface area is 123 Å². The Hall–Kier alpha value is -2.39. The highest BCUT2D eigenvalue weighted by molar-refractivity contribution is 9.10. The van der Waals surface area contributed by atoms with Crippen LogP contribution in [0.2, 0.25) is 0 Å². The van der Waals surface area contributed by atoms with Gasteiger partial charge in [-0.15, -0.1) is 0 Å². The number of hydrogen-bond donors (Lipinski definition) is 2. The number of rotatable bonds is 2. The topological polar surface area (TPSA) is 78.9 Å². The molecule has 20 heavy (non-hydrogen) atoms. The summed E-state index contributed by atoms with van der Waals surface area (Å²) < 4.78 is 14.0. The van der Waals surface area contributed by atoms with Crippen LogP contribution in [0.15, 0.2) is 40.9 Å². The summed E-state index contributed by atoms with van der Waals surface area (Å²) >= 11 is 3.24. The molecule has 0 radical (unpaired) electrons. The van der Waals surface area contributed by atoms with Crippen molar-refractivity contribution in [3.63, 3.8) is 0 Å². The molecule has 0 spiro atoms. The molecule has 6 heteroatoms. The molecule has 4 nitrogen and oxygen atoms in total. The number of nitrogen functional groups attached to an aromatic ring is 1. The molecule has 2 aromatic carbocycles. The summed E-state index contributed by atoms with van der Waals surface area (Å²) in [6.07, 6.45) is 0. The molecule has 0 fully saturated rings. The van der Waals surface area contributed by atoms with E-state index in [-0.39, 0.29) is 11.3 Å². The van der Waals surface area contributed by atoms with Crippen molar-refractivity contribution in [1.82, 2.24) is 0 Å². The molecule has 0 aliphatic heterocycles. The van der Waals surface area contributed by atoms with Crippen molar-refractivity contribution in [1.29, 1.82) is 5.26 Å². The zero-order valence-corrected chi connectivity index (χ0v) is 11.7. The number of halogens is 2. The van der Waals surface area contributed by atoms with Gasteiger partial charge >= 0.3 is 0 Å². The van der Waals surface area contributed by atoms with E-state index in [1.165, 1.54) is 12.1 Å². The van der Waals surface area contributed by atoms with E-state index in [9.17, 15) is 9.18 Å². The SMILES string of the molecule is N#Cc1cc(Br)ccc1NC(=O)c1ccc(N)c(F)c1. The van der Waals surface area contributed by atoms with Crippen LogP contribution in [-0.4, -0.2) is 5.91 Å². The summed E-state index contributed by atoms with van der Waals surface area (Å²) in [5, 5.41) is 11.6. The molecule has 0 saturated carbocycles. The Morgan fingerprint density at radius 1 is 1.30 bits per heavy atom. The standard InChI is InChI=1S/C14H9BrFN3O/c15-10-2-4-13(9(5-10)7-17)19-14(20)8-1-3-12(18)11(16)6-8/h1-6H,18H2,(H,19,20). The molecule has 0 aromatic heterocycles. The largest absolute Gasteiger partial charge is 0.396 e. The highest BCUT2D eigenvalue weighted by Gasteiger charge is 2.11. The van der Waals surface area contributed by atoms with Gasteiger partial charge in [0.05, 0.1) is 16.9 Å². The molecule has 0 atom stereocenters. The van der Waals surface area contributed by atoms with Gasteiger partial charge in [-0.2, -0.15) is 5.26 Å². The second kappa shape index (κ2) is 5.72. The van der Waals surface area contributed by atoms with Crippen molar-refractivity contribution >= 4 is 33.2 Å². The van der Waals surface area contributed by atoms with Crippen LogP contribution in [-0.2, 0) is 0 Å². The highest BCUT2D eigenvalue weighted by atomic mass is 79.9. The zero-order valence-electron chi connectivity index (χ0n) is 10.2. The van der Waals surface area contributed by atoms with Crippen molar-refractivity contribution in [3.05, 3.63) is 57.8 Å². The van der Waals surface area contributed by atoms with Gasteiger partial charge in [0, 0.05) is 10.0 Å². The van der Waals surface area contributed by atoms with Gasteiger partial charge in [0.15, 0.2) is 0 Å². The fourth-order valence-corrected chi connectivity index (χ4v) is 1.94. The number of nitrogens with one attached hydrogen (secondary N) is 1. The van der Waals surface area contributed by atoms with Gasteiger partial charge in [-0.05, 0) is 36.4 Å². The predicted octanol–water partition coefficient (Wildman–Crippen LogP) is 3.29. The van der Waals surface area contributed by atoms with E-state index in [1.54, 1.807) is 18.2 Å². The molecule has 2 aromatic rings. The van der Waals surface area contributed by atoms with Crippen molar-refractivity contribution in [2.75, 3.05) is 11.1 Å². The summed E-state index contributed by atoms with van der Waals surface area (Å²) in [5.41, 5.74) is 6.12. The van der Waals surface area contributed by atoms with Crippen LogP contribution in [0.4, 0.5) is 15.8 Å². The van der Waals surface area contributed by atoms with Crippen LogP contribution in [0.3, 0.4) is 0 Å². The molecule has 1 amide bonds. The summed E-state index contributed by atoms with van der Waals surface area (Å²) in [6.45, 7) is 0. The maximum Gasteiger partial charge on any atom is 0.255 e. The average Bonchev–Trinajstić information content (AvgIpc) is 2.43. The number of anilines is 2. The van der Waals surface area contributed by atoms with Crippen LogP contribution in [0.25, 0.3) is 0 Å². The zero-order chi connectivity index (χ0) is 14.7. The smallest absolute Gasteiger partial charge is 0.255 e. The lowest BCUT2D eigenvalue weighted by molar-refractivity contribution is 0.102. The first-order chi connectivity index (χ1) is 9.51. The van der Waals surface area contributed by atoms with Crippen molar-refractivity contribution < 1.29 is 9.18 Å². The summed E-state index contributed by atoms with van der Waals surface area (Å²) in [7, 11) is 0. The Morgan fingerprint density at radius 3 is 2.70 bits per heavy atom. The molecule has 0 heterocycles. The average molecular weight is 334 g/mol. The van der Waals surface area contributed by atoms with E-state index in [2.05, 4.69) is 21.2 Å². The second-order valence-electron chi connectivity index (χ2n) is 3.99. The molecule has 0 bridgehead atoms. The minimum atomic E-state index is -0.658. The van der Waals surface area contributed by atoms with E-state index >= 15 is 0 Å². The monoisotopic (exact) mass is 333 g/mol. The molecule has 0 saturated heterocycles. The fourth-order valence-electron chi connectivity index (χ4n) is 1.58. The first kappa shape index (κ1) is 14.0. The third kappa shape index (κ3) is 2.95. The van der Waals surface area contributed by atoms with E-state index in [0.29, 0.717) is 11.3 Å². The highest BCUT2D eigenvalue weighted by Crippen LogP contribution is 2.21. The van der Waals surface area contributed by atoms with Crippen LogP contribution in [0.1, 0.15) is 15.9 Å². The minimum Gasteiger partial charge on any atom is -0.396 e. The van der Waals surface area contributed by atoms with Gasteiger partial charge in [0.25, 0.3) is 5.91 Å². The van der Waals surface area contributed by atoms with E-state index in [1.807, 2.05) is 6.07 Å². The first-order valence-electron chi connectivity index (χ1n) is 5.57. The second-order valence-corrected chi connectivity index (χ2v) is 4.91. The molecular weight excluding hydrogens is 325 g/mol. The molecular formula is C14H9BrFN3O. The third-order valence-electron chi connectivity index (χ3n) is 2.61. The third-order valence-corrected chi connectivity index (χ3v) is 3.11.